The smallest absolute Gasteiger partial charge is 0.184 e. The van der Waals surface area contributed by atoms with Gasteiger partial charge in [-0.1, -0.05) is 17.3 Å². The van der Waals surface area contributed by atoms with Crippen LogP contribution in [0.25, 0.3) is 16.9 Å². The van der Waals surface area contributed by atoms with E-state index in [9.17, 15) is 0 Å². The van der Waals surface area contributed by atoms with Crippen molar-refractivity contribution in [3.8, 4) is 5.82 Å². The standard InChI is InChI=1S/C17H22N8/c1-23-9-7-12(8-10-23)24(2)16-15(18)17(20-11-19-16)25-14-6-4-3-5-13(14)21-22-25/h3-6,11-12H,7-10,18H2,1-2H3. The van der Waals surface area contributed by atoms with Gasteiger partial charge in [0.1, 0.15) is 17.5 Å². The van der Waals surface area contributed by atoms with Crippen molar-refractivity contribution < 1.29 is 0 Å². The summed E-state index contributed by atoms with van der Waals surface area (Å²) in [6, 6.07) is 8.18. The van der Waals surface area contributed by atoms with Gasteiger partial charge in [-0.25, -0.2) is 9.97 Å². The summed E-state index contributed by atoms with van der Waals surface area (Å²) < 4.78 is 1.68. The number of hydrogen-bond donors (Lipinski definition) is 1. The lowest BCUT2D eigenvalue weighted by Crippen LogP contribution is -2.42. The molecule has 0 bridgehead atoms. The van der Waals surface area contributed by atoms with Gasteiger partial charge in [-0.05, 0) is 45.1 Å². The summed E-state index contributed by atoms with van der Waals surface area (Å²) in [5.41, 5.74) is 8.65. The third kappa shape index (κ3) is 2.78. The number of hydrogen-bond acceptors (Lipinski definition) is 7. The predicted octanol–water partition coefficient (Wildman–Crippen LogP) is 1.32. The minimum Gasteiger partial charge on any atom is -0.393 e. The number of rotatable bonds is 3. The number of nitrogen functional groups attached to an aromatic ring is 1. The number of nitrogens with two attached hydrogens (primary N) is 1. The molecule has 0 aliphatic carbocycles. The van der Waals surface area contributed by atoms with Crippen LogP contribution in [0, 0.1) is 0 Å². The van der Waals surface area contributed by atoms with Gasteiger partial charge >= 0.3 is 0 Å². The maximum atomic E-state index is 6.43. The summed E-state index contributed by atoms with van der Waals surface area (Å²) in [6.45, 7) is 2.17. The molecule has 25 heavy (non-hydrogen) atoms. The second-order valence-electron chi connectivity index (χ2n) is 6.57. The van der Waals surface area contributed by atoms with Crippen LogP contribution in [0.15, 0.2) is 30.6 Å². The highest BCUT2D eigenvalue weighted by Gasteiger charge is 2.24. The SMILES string of the molecule is CN1CCC(N(C)c2ncnc(-n3nnc4ccccc43)c2N)CC1. The Morgan fingerprint density at radius 2 is 1.92 bits per heavy atom. The molecule has 0 saturated carbocycles. The first kappa shape index (κ1) is 15.8. The minimum atomic E-state index is 0.425. The number of fused-ring (bicyclic) bond motifs is 1. The van der Waals surface area contributed by atoms with Gasteiger partial charge in [0.15, 0.2) is 11.6 Å². The zero-order valence-electron chi connectivity index (χ0n) is 14.5. The molecule has 1 fully saturated rings. The molecule has 3 heterocycles. The Balaban J connectivity index is 1.71. The molecule has 8 nitrogen and oxygen atoms in total. The number of benzene rings is 1. The van der Waals surface area contributed by atoms with Crippen molar-refractivity contribution in [1.29, 1.82) is 0 Å². The van der Waals surface area contributed by atoms with E-state index >= 15 is 0 Å². The molecule has 2 aromatic heterocycles. The van der Waals surface area contributed by atoms with Crippen molar-refractivity contribution >= 4 is 22.5 Å². The van der Waals surface area contributed by atoms with Gasteiger partial charge in [-0.15, -0.1) is 5.10 Å². The maximum absolute atomic E-state index is 6.43. The average molecular weight is 338 g/mol. The lowest BCUT2D eigenvalue weighted by molar-refractivity contribution is 0.252. The fourth-order valence-corrected chi connectivity index (χ4v) is 3.41. The highest BCUT2D eigenvalue weighted by Crippen LogP contribution is 2.29. The van der Waals surface area contributed by atoms with E-state index in [-0.39, 0.29) is 0 Å². The second-order valence-corrected chi connectivity index (χ2v) is 6.57. The van der Waals surface area contributed by atoms with E-state index in [0.717, 1.165) is 42.8 Å². The maximum Gasteiger partial charge on any atom is 0.184 e. The first-order valence-corrected chi connectivity index (χ1v) is 8.48. The number of piperidine rings is 1. The normalized spacial score (nSPS) is 16.4. The summed E-state index contributed by atoms with van der Waals surface area (Å²) in [5.74, 6) is 1.32. The van der Waals surface area contributed by atoms with E-state index in [4.69, 9.17) is 5.73 Å². The van der Waals surface area contributed by atoms with Crippen LogP contribution in [0.5, 0.6) is 0 Å². The molecule has 0 radical (unpaired) electrons. The van der Waals surface area contributed by atoms with Crippen LogP contribution in [0.1, 0.15) is 12.8 Å². The molecule has 8 heteroatoms. The Morgan fingerprint density at radius 3 is 2.72 bits per heavy atom. The fraction of sp³-hybridized carbons (Fsp3) is 0.412. The van der Waals surface area contributed by atoms with Crippen molar-refractivity contribution in [3.05, 3.63) is 30.6 Å². The monoisotopic (exact) mass is 338 g/mol. The molecule has 1 aliphatic rings. The summed E-state index contributed by atoms with van der Waals surface area (Å²) in [7, 11) is 4.21. The molecule has 0 amide bonds. The average Bonchev–Trinajstić information content (AvgIpc) is 3.06. The molecule has 0 atom stereocenters. The molecular weight excluding hydrogens is 316 g/mol. The molecular formula is C17H22N8. The van der Waals surface area contributed by atoms with Crippen LogP contribution in [0.2, 0.25) is 0 Å². The number of likely N-dealkylation sites (tertiary alicyclic amines) is 1. The Hall–Kier alpha value is -2.74. The van der Waals surface area contributed by atoms with Crippen molar-refractivity contribution in [2.24, 2.45) is 0 Å². The van der Waals surface area contributed by atoms with E-state index in [2.05, 4.69) is 44.2 Å². The number of para-hydroxylation sites is 1. The van der Waals surface area contributed by atoms with Crippen molar-refractivity contribution in [2.45, 2.75) is 18.9 Å². The van der Waals surface area contributed by atoms with Gasteiger partial charge in [-0.3, -0.25) is 0 Å². The molecule has 1 aliphatic heterocycles. The molecule has 3 aromatic rings. The molecule has 2 N–H and O–H groups in total. The Kier molecular flexibility index (Phi) is 3.96. The van der Waals surface area contributed by atoms with E-state index in [1.54, 1.807) is 11.0 Å². The Labute approximate surface area is 146 Å². The van der Waals surface area contributed by atoms with Crippen LogP contribution in [-0.4, -0.2) is 63.1 Å². The van der Waals surface area contributed by atoms with Gasteiger partial charge in [0, 0.05) is 13.1 Å². The van der Waals surface area contributed by atoms with Crippen LogP contribution >= 0.6 is 0 Å². The van der Waals surface area contributed by atoms with Crippen LogP contribution in [0.4, 0.5) is 11.5 Å². The van der Waals surface area contributed by atoms with Crippen LogP contribution < -0.4 is 10.6 Å². The number of anilines is 2. The lowest BCUT2D eigenvalue weighted by Gasteiger charge is -2.36. The van der Waals surface area contributed by atoms with Crippen LogP contribution in [0.3, 0.4) is 0 Å². The molecule has 0 spiro atoms. The molecule has 0 unspecified atom stereocenters. The zero-order chi connectivity index (χ0) is 17.4. The highest BCUT2D eigenvalue weighted by atomic mass is 15.4. The summed E-state index contributed by atoms with van der Waals surface area (Å²) >= 11 is 0. The largest absolute Gasteiger partial charge is 0.393 e. The summed E-state index contributed by atoms with van der Waals surface area (Å²) in [4.78, 5) is 13.3. The van der Waals surface area contributed by atoms with Crippen LogP contribution in [-0.2, 0) is 0 Å². The first-order chi connectivity index (χ1) is 12.1. The van der Waals surface area contributed by atoms with Gasteiger partial charge in [0.05, 0.1) is 5.52 Å². The molecule has 130 valence electrons. The highest BCUT2D eigenvalue weighted by molar-refractivity contribution is 5.79. The van der Waals surface area contributed by atoms with E-state index in [1.807, 2.05) is 24.3 Å². The fourth-order valence-electron chi connectivity index (χ4n) is 3.41. The topological polar surface area (TPSA) is 89.0 Å². The summed E-state index contributed by atoms with van der Waals surface area (Å²) in [6.07, 6.45) is 3.74. The quantitative estimate of drug-likeness (QED) is 0.770. The minimum absolute atomic E-state index is 0.425. The second kappa shape index (κ2) is 6.29. The van der Waals surface area contributed by atoms with Crippen molar-refractivity contribution in [3.63, 3.8) is 0 Å². The van der Waals surface area contributed by atoms with Gasteiger partial charge in [0.2, 0.25) is 0 Å². The zero-order valence-corrected chi connectivity index (χ0v) is 14.5. The van der Waals surface area contributed by atoms with Crippen molar-refractivity contribution in [2.75, 3.05) is 37.8 Å². The first-order valence-electron chi connectivity index (χ1n) is 8.48. The van der Waals surface area contributed by atoms with Crippen molar-refractivity contribution in [1.82, 2.24) is 29.9 Å². The molecule has 4 rings (SSSR count). The van der Waals surface area contributed by atoms with Gasteiger partial charge in [-0.2, -0.15) is 4.68 Å². The Morgan fingerprint density at radius 1 is 1.16 bits per heavy atom. The van der Waals surface area contributed by atoms with Gasteiger partial charge in [0.25, 0.3) is 0 Å². The third-order valence-electron chi connectivity index (χ3n) is 4.96. The number of nitrogens with zero attached hydrogens (tertiary/aromatic N) is 7. The lowest BCUT2D eigenvalue weighted by atomic mass is 10.0. The molecule has 1 aromatic carbocycles. The summed E-state index contributed by atoms with van der Waals surface area (Å²) in [5, 5.41) is 8.41. The predicted molar refractivity (Wildman–Crippen MR) is 97.8 cm³/mol. The van der Waals surface area contributed by atoms with E-state index in [0.29, 0.717) is 17.5 Å². The third-order valence-corrected chi connectivity index (χ3v) is 4.96. The Bertz CT molecular complexity index is 881. The van der Waals surface area contributed by atoms with E-state index < -0.39 is 0 Å². The molecule has 1 saturated heterocycles. The van der Waals surface area contributed by atoms with E-state index in [1.165, 1.54) is 0 Å². The van der Waals surface area contributed by atoms with Gasteiger partial charge < -0.3 is 15.5 Å². The number of aromatic nitrogens is 5.